The van der Waals surface area contributed by atoms with E-state index in [1.807, 2.05) is 37.3 Å². The van der Waals surface area contributed by atoms with E-state index in [-0.39, 0.29) is 23.6 Å². The van der Waals surface area contributed by atoms with Crippen LogP contribution in [0.1, 0.15) is 19.5 Å². The summed E-state index contributed by atoms with van der Waals surface area (Å²) < 4.78 is 0. The minimum atomic E-state index is -1.09. The average molecular weight is 398 g/mol. The van der Waals surface area contributed by atoms with Crippen LogP contribution in [0.2, 0.25) is 0 Å². The summed E-state index contributed by atoms with van der Waals surface area (Å²) in [6, 6.07) is 9.77. The lowest BCUT2D eigenvalue weighted by molar-refractivity contribution is -0.163. The molecule has 7 heteroatoms. The third-order valence-corrected chi connectivity index (χ3v) is 6.95. The number of aliphatic hydroxyl groups excluding tert-OH is 1. The predicted octanol–water partition coefficient (Wildman–Crippen LogP) is 2.66. The molecule has 0 radical (unpaired) electrons. The molecule has 2 aliphatic rings. The van der Waals surface area contributed by atoms with Crippen LogP contribution >= 0.6 is 11.8 Å². The minimum absolute atomic E-state index is 0.0790. The molecule has 2 aromatic rings. The summed E-state index contributed by atoms with van der Waals surface area (Å²) in [6.07, 6.45) is 1.71. The van der Waals surface area contributed by atoms with Crippen LogP contribution in [0.3, 0.4) is 0 Å². The Morgan fingerprint density at radius 1 is 1.32 bits per heavy atom. The third kappa shape index (κ3) is 2.89. The Bertz CT molecular complexity index is 982. The van der Waals surface area contributed by atoms with E-state index in [2.05, 4.69) is 4.98 Å². The van der Waals surface area contributed by atoms with Gasteiger partial charge in [-0.1, -0.05) is 31.2 Å². The van der Waals surface area contributed by atoms with Gasteiger partial charge in [0.25, 0.3) is 0 Å². The van der Waals surface area contributed by atoms with Gasteiger partial charge in [-0.25, -0.2) is 4.79 Å². The molecule has 28 heavy (non-hydrogen) atoms. The molecular weight excluding hydrogens is 376 g/mol. The van der Waals surface area contributed by atoms with Crippen LogP contribution in [0.4, 0.5) is 0 Å². The van der Waals surface area contributed by atoms with E-state index in [9.17, 15) is 19.8 Å². The van der Waals surface area contributed by atoms with Gasteiger partial charge < -0.3 is 15.1 Å². The summed E-state index contributed by atoms with van der Waals surface area (Å²) in [6.45, 7) is 3.53. The van der Waals surface area contributed by atoms with Crippen LogP contribution in [0.15, 0.2) is 47.1 Å². The molecule has 0 saturated carbocycles. The number of β-lactam (4-membered cyclic amide) rings is 1. The Hall–Kier alpha value is -2.38. The number of carboxylic acid groups (broad SMARTS) is 1. The van der Waals surface area contributed by atoms with Crippen molar-refractivity contribution >= 4 is 34.4 Å². The molecule has 3 heterocycles. The predicted molar refractivity (Wildman–Crippen MR) is 108 cm³/mol. The first-order valence-electron chi connectivity index (χ1n) is 9.36. The third-order valence-electron chi connectivity index (χ3n) is 5.66. The number of hydrogen-bond acceptors (Lipinski definition) is 5. The monoisotopic (exact) mass is 398 g/mol. The van der Waals surface area contributed by atoms with E-state index in [1.54, 1.807) is 13.1 Å². The van der Waals surface area contributed by atoms with Gasteiger partial charge in [0.15, 0.2) is 0 Å². The van der Waals surface area contributed by atoms with Crippen LogP contribution in [0, 0.1) is 11.8 Å². The second-order valence-electron chi connectivity index (χ2n) is 7.35. The number of carbonyl (C=O) groups excluding carboxylic acids is 1. The van der Waals surface area contributed by atoms with E-state index in [0.29, 0.717) is 17.1 Å². The van der Waals surface area contributed by atoms with E-state index in [4.69, 9.17) is 0 Å². The normalized spacial score (nSPS) is 25.0. The first-order chi connectivity index (χ1) is 13.4. The molecule has 4 atom stereocenters. The number of hydrogen-bond donors (Lipinski definition) is 2. The number of aliphatic hydroxyl groups is 1. The topological polar surface area (TPSA) is 90.7 Å². The van der Waals surface area contributed by atoms with Gasteiger partial charge in [0.2, 0.25) is 5.91 Å². The number of nitrogens with zero attached hydrogens (tertiary/aromatic N) is 2. The highest BCUT2D eigenvalue weighted by Crippen LogP contribution is 2.50. The fourth-order valence-electron chi connectivity index (χ4n) is 4.35. The fourth-order valence-corrected chi connectivity index (χ4v) is 5.59. The van der Waals surface area contributed by atoms with Crippen molar-refractivity contribution in [2.75, 3.05) is 5.75 Å². The first kappa shape index (κ1) is 19.0. The molecule has 0 spiro atoms. The Morgan fingerprint density at radius 3 is 2.79 bits per heavy atom. The number of aromatic nitrogens is 1. The number of benzene rings is 1. The summed E-state index contributed by atoms with van der Waals surface area (Å²) >= 11 is 1.48. The van der Waals surface area contributed by atoms with E-state index >= 15 is 0 Å². The smallest absolute Gasteiger partial charge is 0.353 e. The van der Waals surface area contributed by atoms with E-state index < -0.39 is 18.0 Å². The van der Waals surface area contributed by atoms with Crippen LogP contribution in [0.25, 0.3) is 10.8 Å². The van der Waals surface area contributed by atoms with Crippen LogP contribution in [0.5, 0.6) is 0 Å². The molecule has 2 aliphatic heterocycles. The lowest BCUT2D eigenvalue weighted by atomic mass is 9.79. The molecule has 146 valence electrons. The molecule has 1 amide bonds. The molecular formula is C21H22N2O4S. The van der Waals surface area contributed by atoms with Gasteiger partial charge in [0.05, 0.1) is 18.1 Å². The largest absolute Gasteiger partial charge is 0.477 e. The summed E-state index contributed by atoms with van der Waals surface area (Å²) in [4.78, 5) is 30.8. The Morgan fingerprint density at radius 2 is 2.07 bits per heavy atom. The molecule has 0 aliphatic carbocycles. The van der Waals surface area contributed by atoms with Gasteiger partial charge in [-0.15, -0.1) is 11.8 Å². The summed E-state index contributed by atoms with van der Waals surface area (Å²) in [5.74, 6) is -1.34. The second-order valence-corrected chi connectivity index (χ2v) is 8.49. The van der Waals surface area contributed by atoms with Gasteiger partial charge in [0, 0.05) is 33.9 Å². The van der Waals surface area contributed by atoms with Crippen molar-refractivity contribution in [1.29, 1.82) is 0 Å². The van der Waals surface area contributed by atoms with Crippen LogP contribution in [-0.4, -0.2) is 49.9 Å². The standard InChI is InChI=1S/C21H22N2O4S/c1-11-17-16(12(2)24)20(25)23(17)18(21(26)27)19(11)28-10-8-15-14-6-4-3-5-13(14)7-9-22-15/h3-7,9,11-12,16-17,24H,8,10H2,1-2H3,(H,26,27)/t11-,12-,16-,17-/m1/s1. The zero-order valence-electron chi connectivity index (χ0n) is 15.7. The number of carboxylic acids is 1. The van der Waals surface area contributed by atoms with Gasteiger partial charge in [-0.3, -0.25) is 9.78 Å². The maximum absolute atomic E-state index is 12.4. The number of fused-ring (bicyclic) bond motifs is 2. The number of aryl methyl sites for hydroxylation is 1. The Labute approximate surface area is 167 Å². The fraction of sp³-hybridized carbons (Fsp3) is 0.381. The Kier molecular flexibility index (Phi) is 4.89. The lowest BCUT2D eigenvalue weighted by Crippen LogP contribution is -2.63. The zero-order chi connectivity index (χ0) is 20.0. The van der Waals surface area contributed by atoms with Gasteiger partial charge in [-0.05, 0) is 24.8 Å². The summed E-state index contributed by atoms with van der Waals surface area (Å²) in [5, 5.41) is 21.8. The number of thioether (sulfide) groups is 1. The molecule has 6 nitrogen and oxygen atoms in total. The van der Waals surface area contributed by atoms with Crippen molar-refractivity contribution < 1.29 is 19.8 Å². The van der Waals surface area contributed by atoms with E-state index in [1.165, 1.54) is 16.7 Å². The molecule has 1 aromatic carbocycles. The highest BCUT2D eigenvalue weighted by molar-refractivity contribution is 8.03. The van der Waals surface area contributed by atoms with Crippen molar-refractivity contribution in [1.82, 2.24) is 9.88 Å². The average Bonchev–Trinajstić information content (AvgIpc) is 2.90. The molecule has 0 unspecified atom stereocenters. The first-order valence-corrected chi connectivity index (χ1v) is 10.3. The van der Waals surface area contributed by atoms with Crippen LogP contribution in [-0.2, 0) is 16.0 Å². The highest BCUT2D eigenvalue weighted by atomic mass is 32.2. The van der Waals surface area contributed by atoms with Crippen molar-refractivity contribution in [2.24, 2.45) is 11.8 Å². The maximum Gasteiger partial charge on any atom is 0.353 e. The molecule has 4 rings (SSSR count). The Balaban J connectivity index is 1.54. The molecule has 1 fully saturated rings. The molecule has 1 saturated heterocycles. The molecule has 1 aromatic heterocycles. The van der Waals surface area contributed by atoms with Gasteiger partial charge >= 0.3 is 5.97 Å². The highest BCUT2D eigenvalue weighted by Gasteiger charge is 2.59. The second kappa shape index (κ2) is 7.22. The zero-order valence-corrected chi connectivity index (χ0v) is 16.5. The van der Waals surface area contributed by atoms with Gasteiger partial charge in [-0.2, -0.15) is 0 Å². The number of amides is 1. The van der Waals surface area contributed by atoms with Crippen molar-refractivity contribution in [3.8, 4) is 0 Å². The number of carbonyl (C=O) groups is 2. The maximum atomic E-state index is 12.4. The molecule has 0 bridgehead atoms. The lowest BCUT2D eigenvalue weighted by Gasteiger charge is -2.46. The summed E-state index contributed by atoms with van der Waals surface area (Å²) in [7, 11) is 0. The quantitative estimate of drug-likeness (QED) is 0.727. The van der Waals surface area contributed by atoms with E-state index in [0.717, 1.165) is 16.5 Å². The van der Waals surface area contributed by atoms with Crippen molar-refractivity contribution in [3.63, 3.8) is 0 Å². The molecule has 2 N–H and O–H groups in total. The number of aliphatic carboxylic acids is 1. The minimum Gasteiger partial charge on any atom is -0.477 e. The summed E-state index contributed by atoms with van der Waals surface area (Å²) in [5.41, 5.74) is 1.06. The SMILES string of the molecule is C[C@@H](O)[C@H]1C(=O)N2C(C(=O)O)=C(SCCc3nccc4ccccc34)[C@H](C)[C@H]12. The van der Waals surface area contributed by atoms with Gasteiger partial charge in [0.1, 0.15) is 5.70 Å². The van der Waals surface area contributed by atoms with Crippen molar-refractivity contribution in [2.45, 2.75) is 32.4 Å². The van der Waals surface area contributed by atoms with Crippen LogP contribution < -0.4 is 0 Å². The van der Waals surface area contributed by atoms with Crippen molar-refractivity contribution in [3.05, 3.63) is 52.8 Å². The number of rotatable bonds is 6. The number of pyridine rings is 1.